The van der Waals surface area contributed by atoms with Crippen molar-refractivity contribution in [2.24, 2.45) is 0 Å². The van der Waals surface area contributed by atoms with Gasteiger partial charge in [0.15, 0.2) is 5.82 Å². The van der Waals surface area contributed by atoms with Gasteiger partial charge in [0.05, 0.1) is 5.25 Å². The summed E-state index contributed by atoms with van der Waals surface area (Å²) in [5.41, 5.74) is 1.08. The molecule has 1 aliphatic heterocycles. The van der Waals surface area contributed by atoms with Crippen molar-refractivity contribution in [3.63, 3.8) is 0 Å². The summed E-state index contributed by atoms with van der Waals surface area (Å²) in [6, 6.07) is 1.93. The number of hydrogen-bond acceptors (Lipinski definition) is 3. The summed E-state index contributed by atoms with van der Waals surface area (Å²) in [6.07, 6.45) is 5.43. The topological polar surface area (TPSA) is 57.8 Å². The number of nitrogens with one attached hydrogen (secondary N) is 2. The summed E-state index contributed by atoms with van der Waals surface area (Å²) in [5, 5.41) is 10.0. The van der Waals surface area contributed by atoms with Gasteiger partial charge in [-0.3, -0.25) is 9.89 Å². The van der Waals surface area contributed by atoms with Crippen LogP contribution in [0.1, 0.15) is 38.3 Å². The van der Waals surface area contributed by atoms with Gasteiger partial charge in [0.2, 0.25) is 5.91 Å². The molecule has 2 rings (SSSR count). The molecule has 2 heterocycles. The first-order chi connectivity index (χ1) is 8.29. The molecule has 4 nitrogen and oxygen atoms in total. The molecule has 0 radical (unpaired) electrons. The number of hydrogen-bond donors (Lipinski definition) is 2. The van der Waals surface area contributed by atoms with Crippen molar-refractivity contribution >= 4 is 23.5 Å². The van der Waals surface area contributed by atoms with Gasteiger partial charge in [-0.25, -0.2) is 0 Å². The van der Waals surface area contributed by atoms with Crippen molar-refractivity contribution < 1.29 is 4.79 Å². The van der Waals surface area contributed by atoms with E-state index in [0.29, 0.717) is 5.82 Å². The third-order valence-corrected chi connectivity index (χ3v) is 4.25. The third kappa shape index (κ3) is 3.49. The second-order valence-corrected chi connectivity index (χ2v) is 5.68. The summed E-state index contributed by atoms with van der Waals surface area (Å²) in [5.74, 6) is 1.86. The fourth-order valence-electron chi connectivity index (χ4n) is 1.98. The van der Waals surface area contributed by atoms with E-state index >= 15 is 0 Å². The number of carbonyl (C=O) groups is 1. The first-order valence-electron chi connectivity index (χ1n) is 6.26. The normalized spacial score (nSPS) is 20.2. The summed E-state index contributed by atoms with van der Waals surface area (Å²) in [4.78, 5) is 11.9. The number of rotatable bonds is 4. The van der Waals surface area contributed by atoms with Crippen LogP contribution in [0.4, 0.5) is 5.82 Å². The lowest BCUT2D eigenvalue weighted by molar-refractivity contribution is -0.115. The van der Waals surface area contributed by atoms with Crippen LogP contribution >= 0.6 is 11.8 Å². The van der Waals surface area contributed by atoms with E-state index in [1.54, 1.807) is 11.8 Å². The van der Waals surface area contributed by atoms with Crippen LogP contribution in [-0.2, 0) is 11.2 Å². The maximum atomic E-state index is 11.9. The molecule has 1 unspecified atom stereocenters. The molecule has 94 valence electrons. The van der Waals surface area contributed by atoms with Gasteiger partial charge < -0.3 is 5.32 Å². The van der Waals surface area contributed by atoms with E-state index < -0.39 is 0 Å². The lowest BCUT2D eigenvalue weighted by Gasteiger charge is -2.19. The molecule has 1 amide bonds. The summed E-state index contributed by atoms with van der Waals surface area (Å²) in [7, 11) is 0. The molecule has 1 aromatic rings. The molecule has 1 atom stereocenters. The van der Waals surface area contributed by atoms with E-state index in [9.17, 15) is 4.79 Å². The summed E-state index contributed by atoms with van der Waals surface area (Å²) >= 11 is 1.76. The largest absolute Gasteiger partial charge is 0.308 e. The number of anilines is 1. The van der Waals surface area contributed by atoms with Crippen molar-refractivity contribution in [1.82, 2.24) is 10.2 Å². The van der Waals surface area contributed by atoms with Gasteiger partial charge in [-0.2, -0.15) is 5.10 Å². The van der Waals surface area contributed by atoms with Gasteiger partial charge in [-0.15, -0.1) is 11.8 Å². The number of aromatic amines is 1. The molecule has 1 aliphatic rings. The van der Waals surface area contributed by atoms with Gasteiger partial charge in [-0.1, -0.05) is 19.8 Å². The zero-order valence-electron chi connectivity index (χ0n) is 10.2. The van der Waals surface area contributed by atoms with Crippen molar-refractivity contribution in [2.45, 2.75) is 44.3 Å². The highest BCUT2D eigenvalue weighted by atomic mass is 32.2. The van der Waals surface area contributed by atoms with Crippen LogP contribution in [0.5, 0.6) is 0 Å². The van der Waals surface area contributed by atoms with Gasteiger partial charge in [0.1, 0.15) is 0 Å². The SMILES string of the molecule is CCCc1cc(NC(=O)C2CCCCS2)n[nH]1. The van der Waals surface area contributed by atoms with E-state index in [1.165, 1.54) is 6.42 Å². The Morgan fingerprint density at radius 3 is 3.24 bits per heavy atom. The fourth-order valence-corrected chi connectivity index (χ4v) is 3.18. The monoisotopic (exact) mass is 253 g/mol. The van der Waals surface area contributed by atoms with Crippen molar-refractivity contribution in [3.8, 4) is 0 Å². The predicted molar refractivity (Wildman–Crippen MR) is 71.3 cm³/mol. The van der Waals surface area contributed by atoms with Crippen LogP contribution in [0.15, 0.2) is 6.07 Å². The molecule has 0 saturated carbocycles. The quantitative estimate of drug-likeness (QED) is 0.867. The van der Waals surface area contributed by atoms with E-state index in [2.05, 4.69) is 22.4 Å². The zero-order valence-corrected chi connectivity index (χ0v) is 11.0. The minimum absolute atomic E-state index is 0.101. The van der Waals surface area contributed by atoms with Gasteiger partial charge in [0.25, 0.3) is 0 Å². The summed E-state index contributed by atoms with van der Waals surface area (Å²) < 4.78 is 0. The van der Waals surface area contributed by atoms with Crippen molar-refractivity contribution in [2.75, 3.05) is 11.1 Å². The number of aromatic nitrogens is 2. The third-order valence-electron chi connectivity index (χ3n) is 2.87. The highest BCUT2D eigenvalue weighted by Crippen LogP contribution is 2.25. The number of nitrogens with zero attached hydrogens (tertiary/aromatic N) is 1. The van der Waals surface area contributed by atoms with Gasteiger partial charge in [0, 0.05) is 11.8 Å². The van der Waals surface area contributed by atoms with Gasteiger partial charge in [-0.05, 0) is 25.0 Å². The number of carbonyl (C=O) groups excluding carboxylic acids is 1. The average Bonchev–Trinajstić information content (AvgIpc) is 2.78. The molecule has 0 spiro atoms. The number of H-pyrrole nitrogens is 1. The Bertz CT molecular complexity index is 372. The Morgan fingerprint density at radius 2 is 2.53 bits per heavy atom. The highest BCUT2D eigenvalue weighted by molar-refractivity contribution is 8.00. The van der Waals surface area contributed by atoms with Crippen LogP contribution in [-0.4, -0.2) is 27.1 Å². The Morgan fingerprint density at radius 1 is 1.65 bits per heavy atom. The van der Waals surface area contributed by atoms with E-state index in [-0.39, 0.29) is 11.2 Å². The number of thioether (sulfide) groups is 1. The molecule has 0 aliphatic carbocycles. The highest BCUT2D eigenvalue weighted by Gasteiger charge is 2.22. The lowest BCUT2D eigenvalue weighted by atomic mass is 10.2. The molecule has 0 aromatic carbocycles. The maximum Gasteiger partial charge on any atom is 0.238 e. The fraction of sp³-hybridized carbons (Fsp3) is 0.667. The second-order valence-electron chi connectivity index (χ2n) is 4.37. The maximum absolute atomic E-state index is 11.9. The van der Waals surface area contributed by atoms with Crippen molar-refractivity contribution in [1.29, 1.82) is 0 Å². The molecule has 1 fully saturated rings. The standard InChI is InChI=1S/C12H19N3OS/c1-2-5-9-8-11(15-14-9)13-12(16)10-6-3-4-7-17-10/h8,10H,2-7H2,1H3,(H2,13,14,15,16). The second kappa shape index (κ2) is 6.10. The predicted octanol–water partition coefficient (Wildman–Crippen LogP) is 2.59. The Balaban J connectivity index is 1.88. The molecule has 1 aromatic heterocycles. The zero-order chi connectivity index (χ0) is 12.1. The van der Waals surface area contributed by atoms with Crippen LogP contribution in [0.3, 0.4) is 0 Å². The van der Waals surface area contributed by atoms with Crippen molar-refractivity contribution in [3.05, 3.63) is 11.8 Å². The summed E-state index contributed by atoms with van der Waals surface area (Å²) in [6.45, 7) is 2.12. The average molecular weight is 253 g/mol. The lowest BCUT2D eigenvalue weighted by Crippen LogP contribution is -2.27. The van der Waals surface area contributed by atoms with Gasteiger partial charge >= 0.3 is 0 Å². The molecule has 1 saturated heterocycles. The molecule has 2 N–H and O–H groups in total. The number of aryl methyl sites for hydroxylation is 1. The minimum Gasteiger partial charge on any atom is -0.308 e. The molecule has 17 heavy (non-hydrogen) atoms. The van der Waals surface area contributed by atoms with Crippen LogP contribution in [0.2, 0.25) is 0 Å². The molecule has 5 heteroatoms. The molecular weight excluding hydrogens is 234 g/mol. The van der Waals surface area contributed by atoms with Crippen LogP contribution < -0.4 is 5.32 Å². The minimum atomic E-state index is 0.101. The Labute approximate surface area is 106 Å². The first kappa shape index (κ1) is 12.5. The first-order valence-corrected chi connectivity index (χ1v) is 7.31. The molecule has 0 bridgehead atoms. The van der Waals surface area contributed by atoms with Crippen LogP contribution in [0, 0.1) is 0 Å². The van der Waals surface area contributed by atoms with E-state index in [0.717, 1.165) is 37.1 Å². The number of amides is 1. The molecular formula is C12H19N3OS. The Kier molecular flexibility index (Phi) is 4.48. The van der Waals surface area contributed by atoms with Crippen LogP contribution in [0.25, 0.3) is 0 Å². The smallest absolute Gasteiger partial charge is 0.238 e. The van der Waals surface area contributed by atoms with E-state index in [1.807, 2.05) is 6.07 Å². The Hall–Kier alpha value is -0.970. The van der Waals surface area contributed by atoms with E-state index in [4.69, 9.17) is 0 Å².